The van der Waals surface area contributed by atoms with E-state index < -0.39 is 0 Å². The van der Waals surface area contributed by atoms with Crippen LogP contribution in [0.3, 0.4) is 0 Å². The lowest BCUT2D eigenvalue weighted by Gasteiger charge is -2.00. The number of aromatic nitrogens is 1. The Labute approximate surface area is 108 Å². The van der Waals surface area contributed by atoms with Crippen LogP contribution in [0.15, 0.2) is 34.4 Å². The maximum atomic E-state index is 3.47. The van der Waals surface area contributed by atoms with Gasteiger partial charge in [-0.3, -0.25) is 0 Å². The van der Waals surface area contributed by atoms with Crippen molar-refractivity contribution in [3.05, 3.63) is 44.8 Å². The molecule has 0 radical (unpaired) electrons. The molecule has 2 nitrogen and oxygen atoms in total. The molecule has 0 saturated carbocycles. The molecule has 2 rings (SSSR count). The van der Waals surface area contributed by atoms with Gasteiger partial charge in [-0.15, -0.1) is 11.3 Å². The minimum Gasteiger partial charge on any atom is -0.354 e. The van der Waals surface area contributed by atoms with Gasteiger partial charge in [-0.05, 0) is 46.6 Å². The molecule has 86 valence electrons. The first kappa shape index (κ1) is 11.9. The Morgan fingerprint density at radius 3 is 2.81 bits per heavy atom. The van der Waals surface area contributed by atoms with Crippen LogP contribution in [0, 0.1) is 0 Å². The molecule has 2 heterocycles. The second-order valence-corrected chi connectivity index (χ2v) is 6.21. The van der Waals surface area contributed by atoms with Gasteiger partial charge in [0, 0.05) is 36.9 Å². The molecule has 0 atom stereocenters. The molecule has 0 bridgehead atoms. The average molecular weight is 299 g/mol. The second-order valence-electron chi connectivity index (χ2n) is 3.66. The lowest BCUT2D eigenvalue weighted by atomic mass is 10.3. The molecule has 4 heteroatoms. The number of thiophene rings is 1. The van der Waals surface area contributed by atoms with Gasteiger partial charge < -0.3 is 9.88 Å². The zero-order chi connectivity index (χ0) is 11.4. The molecule has 0 saturated heterocycles. The fourth-order valence-electron chi connectivity index (χ4n) is 1.57. The number of hydrogen-bond donors (Lipinski definition) is 1. The predicted octanol–water partition coefficient (Wildman–Crippen LogP) is 3.62. The van der Waals surface area contributed by atoms with Gasteiger partial charge in [0.15, 0.2) is 0 Å². The van der Waals surface area contributed by atoms with Gasteiger partial charge in [0.2, 0.25) is 0 Å². The second kappa shape index (κ2) is 5.66. The fraction of sp³-hybridized carbons (Fsp3) is 0.333. The SMILES string of the molecule is CCn1ccc(CNCc2ccc(Br)s2)c1. The zero-order valence-electron chi connectivity index (χ0n) is 9.24. The molecule has 2 aromatic rings. The van der Waals surface area contributed by atoms with Crippen LogP contribution in [0.5, 0.6) is 0 Å². The minimum absolute atomic E-state index is 0.933. The smallest absolute Gasteiger partial charge is 0.0701 e. The quantitative estimate of drug-likeness (QED) is 0.892. The Morgan fingerprint density at radius 1 is 1.31 bits per heavy atom. The zero-order valence-corrected chi connectivity index (χ0v) is 11.6. The number of halogens is 1. The van der Waals surface area contributed by atoms with E-state index in [1.54, 1.807) is 11.3 Å². The molecule has 0 aliphatic heterocycles. The summed E-state index contributed by atoms with van der Waals surface area (Å²) in [5.74, 6) is 0. The Hall–Kier alpha value is -0.580. The molecule has 0 unspecified atom stereocenters. The van der Waals surface area contributed by atoms with E-state index in [-0.39, 0.29) is 0 Å². The Kier molecular flexibility index (Phi) is 4.21. The summed E-state index contributed by atoms with van der Waals surface area (Å²) in [7, 11) is 0. The lowest BCUT2D eigenvalue weighted by Crippen LogP contribution is -2.11. The van der Waals surface area contributed by atoms with E-state index in [9.17, 15) is 0 Å². The maximum absolute atomic E-state index is 3.47. The normalized spacial score (nSPS) is 10.9. The Balaban J connectivity index is 1.79. The predicted molar refractivity (Wildman–Crippen MR) is 72.7 cm³/mol. The monoisotopic (exact) mass is 298 g/mol. The van der Waals surface area contributed by atoms with Gasteiger partial charge in [0.1, 0.15) is 0 Å². The molecule has 2 aromatic heterocycles. The molecular weight excluding hydrogens is 284 g/mol. The number of nitrogens with one attached hydrogen (secondary N) is 1. The van der Waals surface area contributed by atoms with E-state index >= 15 is 0 Å². The minimum atomic E-state index is 0.933. The van der Waals surface area contributed by atoms with Gasteiger partial charge in [-0.25, -0.2) is 0 Å². The summed E-state index contributed by atoms with van der Waals surface area (Å²) < 4.78 is 3.39. The van der Waals surface area contributed by atoms with Crippen LogP contribution in [0.1, 0.15) is 17.4 Å². The van der Waals surface area contributed by atoms with E-state index in [1.165, 1.54) is 14.2 Å². The highest BCUT2D eigenvalue weighted by Crippen LogP contribution is 2.21. The molecule has 16 heavy (non-hydrogen) atoms. The van der Waals surface area contributed by atoms with Crippen molar-refractivity contribution in [1.82, 2.24) is 9.88 Å². The summed E-state index contributed by atoms with van der Waals surface area (Å²) in [5.41, 5.74) is 1.34. The number of aryl methyl sites for hydroxylation is 1. The fourth-order valence-corrected chi connectivity index (χ4v) is 3.02. The summed E-state index contributed by atoms with van der Waals surface area (Å²) in [4.78, 5) is 1.36. The van der Waals surface area contributed by atoms with Crippen LogP contribution in [0.2, 0.25) is 0 Å². The standard InChI is InChI=1S/C12H15BrN2S/c1-2-15-6-5-10(9-15)7-14-8-11-3-4-12(13)16-11/h3-6,9,14H,2,7-8H2,1H3. The highest BCUT2D eigenvalue weighted by Gasteiger charge is 1.98. The lowest BCUT2D eigenvalue weighted by molar-refractivity contribution is 0.695. The molecule has 0 aromatic carbocycles. The van der Waals surface area contributed by atoms with Gasteiger partial charge in [0.05, 0.1) is 3.79 Å². The van der Waals surface area contributed by atoms with Crippen molar-refractivity contribution in [2.75, 3.05) is 0 Å². The Morgan fingerprint density at radius 2 is 2.19 bits per heavy atom. The molecule has 0 aliphatic carbocycles. The van der Waals surface area contributed by atoms with Gasteiger partial charge in [-0.2, -0.15) is 0 Å². The van der Waals surface area contributed by atoms with Crippen molar-refractivity contribution in [2.24, 2.45) is 0 Å². The third-order valence-electron chi connectivity index (χ3n) is 2.43. The molecule has 0 fully saturated rings. The van der Waals surface area contributed by atoms with Crippen molar-refractivity contribution in [2.45, 2.75) is 26.6 Å². The van der Waals surface area contributed by atoms with Crippen molar-refractivity contribution in [3.8, 4) is 0 Å². The average Bonchev–Trinajstić information content (AvgIpc) is 2.88. The van der Waals surface area contributed by atoms with E-state index in [0.717, 1.165) is 19.6 Å². The van der Waals surface area contributed by atoms with E-state index in [0.29, 0.717) is 0 Å². The first-order valence-corrected chi connectivity index (χ1v) is 6.98. The van der Waals surface area contributed by atoms with Gasteiger partial charge >= 0.3 is 0 Å². The summed E-state index contributed by atoms with van der Waals surface area (Å²) in [6.07, 6.45) is 4.32. The third kappa shape index (κ3) is 3.20. The van der Waals surface area contributed by atoms with Gasteiger partial charge in [-0.1, -0.05) is 0 Å². The summed E-state index contributed by atoms with van der Waals surface area (Å²) in [6, 6.07) is 6.41. The van der Waals surface area contributed by atoms with Crippen molar-refractivity contribution >= 4 is 27.3 Å². The largest absolute Gasteiger partial charge is 0.354 e. The summed E-state index contributed by atoms with van der Waals surface area (Å²) in [6.45, 7) is 5.06. The van der Waals surface area contributed by atoms with E-state index in [1.807, 2.05) is 0 Å². The number of nitrogens with zero attached hydrogens (tertiary/aromatic N) is 1. The maximum Gasteiger partial charge on any atom is 0.0701 e. The molecule has 1 N–H and O–H groups in total. The van der Waals surface area contributed by atoms with Crippen LogP contribution in [-0.4, -0.2) is 4.57 Å². The molecular formula is C12H15BrN2S. The third-order valence-corrected chi connectivity index (χ3v) is 4.06. The molecule has 0 amide bonds. The van der Waals surface area contributed by atoms with E-state index in [4.69, 9.17) is 0 Å². The van der Waals surface area contributed by atoms with Crippen LogP contribution in [-0.2, 0) is 19.6 Å². The van der Waals surface area contributed by atoms with Crippen LogP contribution in [0.25, 0.3) is 0 Å². The van der Waals surface area contributed by atoms with Crippen molar-refractivity contribution in [1.29, 1.82) is 0 Å². The van der Waals surface area contributed by atoms with Crippen LogP contribution >= 0.6 is 27.3 Å². The van der Waals surface area contributed by atoms with Crippen LogP contribution in [0.4, 0.5) is 0 Å². The van der Waals surface area contributed by atoms with Crippen molar-refractivity contribution < 1.29 is 0 Å². The van der Waals surface area contributed by atoms with E-state index in [2.05, 4.69) is 63.3 Å². The van der Waals surface area contributed by atoms with Crippen molar-refractivity contribution in [3.63, 3.8) is 0 Å². The summed E-state index contributed by atoms with van der Waals surface area (Å²) in [5, 5.41) is 3.44. The first-order valence-electron chi connectivity index (χ1n) is 5.37. The number of rotatable bonds is 5. The van der Waals surface area contributed by atoms with Crippen LogP contribution < -0.4 is 5.32 Å². The topological polar surface area (TPSA) is 17.0 Å². The first-order chi connectivity index (χ1) is 7.78. The highest BCUT2D eigenvalue weighted by atomic mass is 79.9. The Bertz CT molecular complexity index is 447. The van der Waals surface area contributed by atoms with Gasteiger partial charge in [0.25, 0.3) is 0 Å². The number of hydrogen-bond acceptors (Lipinski definition) is 2. The summed E-state index contributed by atoms with van der Waals surface area (Å²) >= 11 is 5.25. The highest BCUT2D eigenvalue weighted by molar-refractivity contribution is 9.11. The molecule has 0 spiro atoms. The molecule has 0 aliphatic rings.